The molecule has 0 amide bonds. The van der Waals surface area contributed by atoms with Gasteiger partial charge in [0.25, 0.3) is 0 Å². The van der Waals surface area contributed by atoms with Crippen LogP contribution < -0.4 is 0 Å². The first-order valence-electron chi connectivity index (χ1n) is 9.17. The second-order valence-electron chi connectivity index (χ2n) is 7.84. The fraction of sp³-hybridized carbons (Fsp3) is 0.750. The molecule has 2 saturated carbocycles. The van der Waals surface area contributed by atoms with Crippen molar-refractivity contribution in [3.05, 3.63) is 23.5 Å². The van der Waals surface area contributed by atoms with E-state index in [1.165, 1.54) is 24.8 Å². The number of ether oxygens (including phenoxy) is 1. The number of Topliss-reactive ketones (excluding diaryl/α,β-unsaturated/α-hetero) is 1. The summed E-state index contributed by atoms with van der Waals surface area (Å²) in [6, 6.07) is 0. The average molecular weight is 300 g/mol. The molecular formula is C20H28O2. The summed E-state index contributed by atoms with van der Waals surface area (Å²) >= 11 is 0. The fourth-order valence-electron chi connectivity index (χ4n) is 6.31. The van der Waals surface area contributed by atoms with E-state index in [1.807, 2.05) is 0 Å². The van der Waals surface area contributed by atoms with E-state index in [4.69, 9.17) is 4.74 Å². The molecule has 2 heteroatoms. The van der Waals surface area contributed by atoms with Crippen LogP contribution in [0, 0.1) is 29.1 Å². The number of fused-ring (bicyclic) bond motifs is 5. The van der Waals surface area contributed by atoms with E-state index in [0.717, 1.165) is 55.6 Å². The molecule has 0 heterocycles. The van der Waals surface area contributed by atoms with Crippen LogP contribution >= 0.6 is 0 Å². The molecule has 2 fully saturated rings. The maximum absolute atomic E-state index is 12.6. The Morgan fingerprint density at radius 2 is 2.09 bits per heavy atom. The summed E-state index contributed by atoms with van der Waals surface area (Å²) in [7, 11) is 1.79. The zero-order valence-electron chi connectivity index (χ0n) is 13.9. The number of hydrogen-bond acceptors (Lipinski definition) is 2. The van der Waals surface area contributed by atoms with Gasteiger partial charge < -0.3 is 4.74 Å². The van der Waals surface area contributed by atoms with Gasteiger partial charge in [0.05, 0.1) is 12.9 Å². The molecule has 120 valence electrons. The predicted octanol–water partition coefficient (Wildman–Crippen LogP) is 4.66. The lowest BCUT2D eigenvalue weighted by Crippen LogP contribution is -2.46. The molecule has 0 radical (unpaired) electrons. The number of carbonyl (C=O) groups excluding carboxylic acids is 1. The first kappa shape index (κ1) is 14.5. The van der Waals surface area contributed by atoms with Crippen LogP contribution in [-0.2, 0) is 9.53 Å². The summed E-state index contributed by atoms with van der Waals surface area (Å²) in [5.41, 5.74) is 1.58. The summed E-state index contributed by atoms with van der Waals surface area (Å²) in [5, 5.41) is 0. The molecule has 0 aromatic rings. The zero-order chi connectivity index (χ0) is 15.3. The van der Waals surface area contributed by atoms with Crippen LogP contribution in [0.5, 0.6) is 0 Å². The molecule has 0 N–H and O–H groups in total. The van der Waals surface area contributed by atoms with Gasteiger partial charge in [0, 0.05) is 18.3 Å². The fourth-order valence-corrected chi connectivity index (χ4v) is 6.31. The Morgan fingerprint density at radius 3 is 2.86 bits per heavy atom. The topological polar surface area (TPSA) is 26.3 Å². The van der Waals surface area contributed by atoms with Crippen molar-refractivity contribution in [2.45, 2.75) is 58.3 Å². The van der Waals surface area contributed by atoms with Crippen LogP contribution in [0.2, 0.25) is 0 Å². The number of ketones is 1. The molecule has 4 rings (SSSR count). The minimum absolute atomic E-state index is 0.0503. The molecule has 5 atom stereocenters. The van der Waals surface area contributed by atoms with E-state index in [1.54, 1.807) is 7.11 Å². The third-order valence-electron chi connectivity index (χ3n) is 7.43. The Hall–Kier alpha value is -1.05. The lowest BCUT2D eigenvalue weighted by molar-refractivity contribution is -0.132. The third-order valence-corrected chi connectivity index (χ3v) is 7.43. The molecule has 0 aromatic heterocycles. The van der Waals surface area contributed by atoms with Crippen molar-refractivity contribution in [1.29, 1.82) is 0 Å². The SMILES string of the molecule is CCC12CC[C@H]3[C@@H](CC=C4C=C(OC)CC[C@@H]43)[C@@H]1CCC2=O. The minimum Gasteiger partial charge on any atom is -0.501 e. The Labute approximate surface area is 134 Å². The summed E-state index contributed by atoms with van der Waals surface area (Å²) in [4.78, 5) is 12.6. The Balaban J connectivity index is 1.65. The van der Waals surface area contributed by atoms with Crippen molar-refractivity contribution in [2.24, 2.45) is 29.1 Å². The molecule has 4 aliphatic rings. The van der Waals surface area contributed by atoms with Crippen molar-refractivity contribution in [2.75, 3.05) is 7.11 Å². The van der Waals surface area contributed by atoms with Gasteiger partial charge in [-0.25, -0.2) is 0 Å². The standard InChI is InChI=1S/C20H28O2/c1-3-20-11-10-16-15-7-5-14(22-2)12-13(15)4-6-17(16)18(20)8-9-19(20)21/h4,12,15-18H,3,5-11H2,1-2H3/t15-,16+,17+,18-,20?/m0/s1. The summed E-state index contributed by atoms with van der Waals surface area (Å²) in [5.74, 6) is 4.68. The lowest BCUT2D eigenvalue weighted by atomic mass is 9.52. The van der Waals surface area contributed by atoms with Crippen LogP contribution in [0.15, 0.2) is 23.5 Å². The van der Waals surface area contributed by atoms with E-state index in [-0.39, 0.29) is 5.41 Å². The molecule has 0 saturated heterocycles. The predicted molar refractivity (Wildman–Crippen MR) is 87.2 cm³/mol. The van der Waals surface area contributed by atoms with E-state index < -0.39 is 0 Å². The lowest BCUT2D eigenvalue weighted by Gasteiger charge is -2.51. The van der Waals surface area contributed by atoms with Crippen molar-refractivity contribution < 1.29 is 9.53 Å². The monoisotopic (exact) mass is 300 g/mol. The first-order chi connectivity index (χ1) is 10.7. The Bertz CT molecular complexity index is 544. The molecule has 1 unspecified atom stereocenters. The third kappa shape index (κ3) is 1.88. The number of methoxy groups -OCH3 is 1. The van der Waals surface area contributed by atoms with Crippen molar-refractivity contribution in [3.8, 4) is 0 Å². The van der Waals surface area contributed by atoms with Crippen LogP contribution in [0.4, 0.5) is 0 Å². The quantitative estimate of drug-likeness (QED) is 0.741. The maximum Gasteiger partial charge on any atom is 0.139 e. The number of carbonyl (C=O) groups is 1. The van der Waals surface area contributed by atoms with Crippen LogP contribution in [-0.4, -0.2) is 12.9 Å². The highest BCUT2D eigenvalue weighted by atomic mass is 16.5. The number of hydrogen-bond donors (Lipinski definition) is 0. The molecule has 0 aliphatic heterocycles. The molecular weight excluding hydrogens is 272 g/mol. The number of rotatable bonds is 2. The second kappa shape index (κ2) is 5.25. The van der Waals surface area contributed by atoms with Gasteiger partial charge in [0.2, 0.25) is 0 Å². The van der Waals surface area contributed by atoms with Gasteiger partial charge in [-0.3, -0.25) is 4.79 Å². The highest BCUT2D eigenvalue weighted by molar-refractivity contribution is 5.87. The second-order valence-corrected chi connectivity index (χ2v) is 7.84. The van der Waals surface area contributed by atoms with E-state index in [2.05, 4.69) is 19.1 Å². The van der Waals surface area contributed by atoms with Crippen LogP contribution in [0.25, 0.3) is 0 Å². The molecule has 0 spiro atoms. The largest absolute Gasteiger partial charge is 0.501 e. The molecule has 2 nitrogen and oxygen atoms in total. The van der Waals surface area contributed by atoms with Crippen LogP contribution in [0.3, 0.4) is 0 Å². The molecule has 4 aliphatic carbocycles. The van der Waals surface area contributed by atoms with Gasteiger partial charge in [0.15, 0.2) is 0 Å². The van der Waals surface area contributed by atoms with E-state index >= 15 is 0 Å². The molecule has 22 heavy (non-hydrogen) atoms. The molecule has 0 bridgehead atoms. The first-order valence-corrected chi connectivity index (χ1v) is 9.17. The van der Waals surface area contributed by atoms with Crippen molar-refractivity contribution in [1.82, 2.24) is 0 Å². The van der Waals surface area contributed by atoms with Crippen molar-refractivity contribution in [3.63, 3.8) is 0 Å². The van der Waals surface area contributed by atoms with Gasteiger partial charge >= 0.3 is 0 Å². The van der Waals surface area contributed by atoms with Crippen molar-refractivity contribution >= 4 is 5.78 Å². The summed E-state index contributed by atoms with van der Waals surface area (Å²) in [6.07, 6.45) is 13.8. The van der Waals surface area contributed by atoms with Gasteiger partial charge in [-0.05, 0) is 73.8 Å². The highest BCUT2D eigenvalue weighted by Gasteiger charge is 2.56. The molecule has 0 aromatic carbocycles. The highest BCUT2D eigenvalue weighted by Crippen LogP contribution is 2.61. The average Bonchev–Trinajstić information content (AvgIpc) is 2.91. The van der Waals surface area contributed by atoms with E-state index in [0.29, 0.717) is 11.7 Å². The van der Waals surface area contributed by atoms with E-state index in [9.17, 15) is 4.79 Å². The van der Waals surface area contributed by atoms with Gasteiger partial charge in [0.1, 0.15) is 5.78 Å². The van der Waals surface area contributed by atoms with Gasteiger partial charge in [-0.15, -0.1) is 0 Å². The smallest absolute Gasteiger partial charge is 0.139 e. The Morgan fingerprint density at radius 1 is 1.23 bits per heavy atom. The zero-order valence-corrected chi connectivity index (χ0v) is 13.9. The van der Waals surface area contributed by atoms with Gasteiger partial charge in [-0.1, -0.05) is 13.0 Å². The number of allylic oxidation sites excluding steroid dienone is 4. The Kier molecular flexibility index (Phi) is 3.47. The normalized spacial score (nSPS) is 43.6. The summed E-state index contributed by atoms with van der Waals surface area (Å²) in [6.45, 7) is 2.24. The summed E-state index contributed by atoms with van der Waals surface area (Å²) < 4.78 is 5.47. The maximum atomic E-state index is 12.6. The van der Waals surface area contributed by atoms with Gasteiger partial charge in [-0.2, -0.15) is 0 Å². The minimum atomic E-state index is 0.0503. The van der Waals surface area contributed by atoms with Crippen LogP contribution in [0.1, 0.15) is 58.3 Å².